The lowest BCUT2D eigenvalue weighted by molar-refractivity contribution is 0.362. The van der Waals surface area contributed by atoms with E-state index < -0.39 is 0 Å². The van der Waals surface area contributed by atoms with E-state index >= 15 is 0 Å². The smallest absolute Gasteiger partial charge is 0.119 e. The molecule has 1 heteroatoms. The maximum absolute atomic E-state index is 5.50. The number of rotatable bonds is 6. The highest BCUT2D eigenvalue weighted by atomic mass is 16.5. The van der Waals surface area contributed by atoms with Crippen LogP contribution in [0.3, 0.4) is 0 Å². The van der Waals surface area contributed by atoms with Crippen LogP contribution in [-0.2, 0) is 0 Å². The zero-order chi connectivity index (χ0) is 10.1. The van der Waals surface area contributed by atoms with Gasteiger partial charge in [0.25, 0.3) is 0 Å². The van der Waals surface area contributed by atoms with Crippen molar-refractivity contribution in [2.75, 3.05) is 6.61 Å². The van der Waals surface area contributed by atoms with Gasteiger partial charge in [-0.1, -0.05) is 50.1 Å². The van der Waals surface area contributed by atoms with E-state index in [1.165, 1.54) is 12.8 Å². The molecule has 14 heavy (non-hydrogen) atoms. The van der Waals surface area contributed by atoms with Crippen molar-refractivity contribution in [3.8, 4) is 5.75 Å². The van der Waals surface area contributed by atoms with E-state index in [4.69, 9.17) is 4.74 Å². The van der Waals surface area contributed by atoms with Crippen molar-refractivity contribution >= 4 is 0 Å². The Morgan fingerprint density at radius 1 is 1.14 bits per heavy atom. The largest absolute Gasteiger partial charge is 0.490 e. The standard InChI is InChI=1S/C13H18O/c1-2-3-4-5-9-12-14-13-10-7-6-8-11-13/h5-11H,2-4,12H2,1H3/b9-5+. The molecule has 0 fully saturated rings. The SMILES string of the molecule is CCCC/C=C/COc1ccccc1. The van der Waals surface area contributed by atoms with Crippen LogP contribution in [0, 0.1) is 0 Å². The molecule has 0 aliphatic heterocycles. The van der Waals surface area contributed by atoms with Gasteiger partial charge in [-0.25, -0.2) is 0 Å². The average molecular weight is 190 g/mol. The predicted octanol–water partition coefficient (Wildman–Crippen LogP) is 3.81. The summed E-state index contributed by atoms with van der Waals surface area (Å²) >= 11 is 0. The highest BCUT2D eigenvalue weighted by Gasteiger charge is 1.86. The van der Waals surface area contributed by atoms with E-state index in [2.05, 4.69) is 19.1 Å². The first-order chi connectivity index (χ1) is 6.93. The van der Waals surface area contributed by atoms with Gasteiger partial charge in [0.05, 0.1) is 0 Å². The minimum atomic E-state index is 0.674. The molecule has 0 saturated heterocycles. The molecule has 1 aromatic carbocycles. The third-order valence-electron chi connectivity index (χ3n) is 1.98. The summed E-state index contributed by atoms with van der Waals surface area (Å²) in [6.45, 7) is 2.88. The summed E-state index contributed by atoms with van der Waals surface area (Å²) in [5.41, 5.74) is 0. The zero-order valence-electron chi connectivity index (χ0n) is 8.78. The Kier molecular flexibility index (Phi) is 5.57. The van der Waals surface area contributed by atoms with Crippen LogP contribution in [-0.4, -0.2) is 6.61 Å². The number of unbranched alkanes of at least 4 members (excludes halogenated alkanes) is 2. The first-order valence-corrected chi connectivity index (χ1v) is 5.26. The minimum absolute atomic E-state index is 0.674. The van der Waals surface area contributed by atoms with Gasteiger partial charge in [-0.05, 0) is 18.6 Å². The topological polar surface area (TPSA) is 9.23 Å². The molecule has 1 aromatic rings. The van der Waals surface area contributed by atoms with Gasteiger partial charge >= 0.3 is 0 Å². The van der Waals surface area contributed by atoms with Crippen molar-refractivity contribution in [2.45, 2.75) is 26.2 Å². The summed E-state index contributed by atoms with van der Waals surface area (Å²) in [6.07, 6.45) is 7.95. The van der Waals surface area contributed by atoms with Crippen molar-refractivity contribution < 1.29 is 4.74 Å². The Labute approximate surface area is 86.4 Å². The average Bonchev–Trinajstić information content (AvgIpc) is 2.25. The summed E-state index contributed by atoms with van der Waals surface area (Å²) < 4.78 is 5.50. The van der Waals surface area contributed by atoms with Crippen molar-refractivity contribution in [1.82, 2.24) is 0 Å². The van der Waals surface area contributed by atoms with Crippen LogP contribution in [0.15, 0.2) is 42.5 Å². The van der Waals surface area contributed by atoms with Crippen LogP contribution >= 0.6 is 0 Å². The molecule has 0 unspecified atom stereocenters. The van der Waals surface area contributed by atoms with Crippen LogP contribution in [0.25, 0.3) is 0 Å². The van der Waals surface area contributed by atoms with Crippen LogP contribution < -0.4 is 4.74 Å². The molecular formula is C13H18O. The number of allylic oxidation sites excluding steroid dienone is 1. The second-order valence-corrected chi connectivity index (χ2v) is 3.24. The third kappa shape index (κ3) is 4.70. The van der Waals surface area contributed by atoms with Crippen LogP contribution in [0.1, 0.15) is 26.2 Å². The molecule has 0 N–H and O–H groups in total. The first-order valence-electron chi connectivity index (χ1n) is 5.26. The van der Waals surface area contributed by atoms with Crippen molar-refractivity contribution in [3.63, 3.8) is 0 Å². The zero-order valence-corrected chi connectivity index (χ0v) is 8.78. The highest BCUT2D eigenvalue weighted by Crippen LogP contribution is 2.07. The molecule has 0 saturated carbocycles. The molecule has 0 aromatic heterocycles. The fourth-order valence-electron chi connectivity index (χ4n) is 1.17. The van der Waals surface area contributed by atoms with E-state index in [1.54, 1.807) is 0 Å². The van der Waals surface area contributed by atoms with E-state index in [9.17, 15) is 0 Å². The number of hydrogen-bond donors (Lipinski definition) is 0. The highest BCUT2D eigenvalue weighted by molar-refractivity contribution is 5.21. The van der Waals surface area contributed by atoms with Crippen molar-refractivity contribution in [2.24, 2.45) is 0 Å². The number of hydrogen-bond acceptors (Lipinski definition) is 1. The lowest BCUT2D eigenvalue weighted by Gasteiger charge is -2.01. The van der Waals surface area contributed by atoms with Gasteiger partial charge in [-0.2, -0.15) is 0 Å². The van der Waals surface area contributed by atoms with Gasteiger partial charge in [0, 0.05) is 0 Å². The maximum Gasteiger partial charge on any atom is 0.119 e. The van der Waals surface area contributed by atoms with Crippen LogP contribution in [0.4, 0.5) is 0 Å². The molecule has 0 aliphatic rings. The summed E-state index contributed by atoms with van der Waals surface area (Å²) in [6, 6.07) is 9.90. The molecule has 0 radical (unpaired) electrons. The molecule has 0 aliphatic carbocycles. The molecule has 0 atom stereocenters. The van der Waals surface area contributed by atoms with E-state index in [0.717, 1.165) is 12.2 Å². The second-order valence-electron chi connectivity index (χ2n) is 3.24. The van der Waals surface area contributed by atoms with Gasteiger partial charge < -0.3 is 4.74 Å². The monoisotopic (exact) mass is 190 g/mol. The molecule has 0 spiro atoms. The van der Waals surface area contributed by atoms with Gasteiger partial charge in [-0.3, -0.25) is 0 Å². The molecule has 0 bridgehead atoms. The van der Waals surface area contributed by atoms with Crippen molar-refractivity contribution in [3.05, 3.63) is 42.5 Å². The Morgan fingerprint density at radius 2 is 1.93 bits per heavy atom. The summed E-state index contributed by atoms with van der Waals surface area (Å²) in [7, 11) is 0. The maximum atomic E-state index is 5.50. The molecule has 1 nitrogen and oxygen atoms in total. The fourth-order valence-corrected chi connectivity index (χ4v) is 1.17. The minimum Gasteiger partial charge on any atom is -0.490 e. The number of para-hydroxylation sites is 1. The van der Waals surface area contributed by atoms with E-state index in [0.29, 0.717) is 6.61 Å². The lowest BCUT2D eigenvalue weighted by atomic mass is 10.2. The molecular weight excluding hydrogens is 172 g/mol. The van der Waals surface area contributed by atoms with E-state index in [1.807, 2.05) is 30.3 Å². The van der Waals surface area contributed by atoms with Gasteiger partial charge in [0.2, 0.25) is 0 Å². The molecule has 1 rings (SSSR count). The van der Waals surface area contributed by atoms with Crippen LogP contribution in [0.5, 0.6) is 5.75 Å². The molecule has 76 valence electrons. The van der Waals surface area contributed by atoms with Gasteiger partial charge in [-0.15, -0.1) is 0 Å². The third-order valence-corrected chi connectivity index (χ3v) is 1.98. The lowest BCUT2D eigenvalue weighted by Crippen LogP contribution is -1.92. The normalized spacial score (nSPS) is 10.6. The summed E-state index contributed by atoms with van der Waals surface area (Å²) in [4.78, 5) is 0. The Hall–Kier alpha value is -1.24. The first kappa shape index (κ1) is 10.8. The Bertz CT molecular complexity index is 251. The van der Waals surface area contributed by atoms with Crippen LogP contribution in [0.2, 0.25) is 0 Å². The number of ether oxygens (including phenoxy) is 1. The van der Waals surface area contributed by atoms with Gasteiger partial charge in [0.1, 0.15) is 12.4 Å². The molecule has 0 amide bonds. The fraction of sp³-hybridized carbons (Fsp3) is 0.385. The van der Waals surface area contributed by atoms with Gasteiger partial charge in [0.15, 0.2) is 0 Å². The summed E-state index contributed by atoms with van der Waals surface area (Å²) in [5, 5.41) is 0. The predicted molar refractivity (Wildman–Crippen MR) is 60.6 cm³/mol. The number of benzene rings is 1. The van der Waals surface area contributed by atoms with E-state index in [-0.39, 0.29) is 0 Å². The summed E-state index contributed by atoms with van der Waals surface area (Å²) in [5.74, 6) is 0.938. The second kappa shape index (κ2) is 7.19. The van der Waals surface area contributed by atoms with Crippen molar-refractivity contribution in [1.29, 1.82) is 0 Å². The quantitative estimate of drug-likeness (QED) is 0.489. The Morgan fingerprint density at radius 3 is 2.64 bits per heavy atom. The Balaban J connectivity index is 2.12. The molecule has 0 heterocycles.